The van der Waals surface area contributed by atoms with Crippen molar-refractivity contribution in [3.63, 3.8) is 0 Å². The van der Waals surface area contributed by atoms with Crippen molar-refractivity contribution in [2.24, 2.45) is 4.99 Å². The highest BCUT2D eigenvalue weighted by Crippen LogP contribution is 2.33. The Hall–Kier alpha value is -3.43. The van der Waals surface area contributed by atoms with Gasteiger partial charge in [0.15, 0.2) is 17.5 Å². The Labute approximate surface area is 173 Å². The van der Waals surface area contributed by atoms with Crippen LogP contribution in [0.2, 0.25) is 0 Å². The molecule has 0 saturated heterocycles. The monoisotopic (exact) mass is 422 g/mol. The summed E-state index contributed by atoms with van der Waals surface area (Å²) in [5, 5.41) is 17.2. The van der Waals surface area contributed by atoms with Gasteiger partial charge < -0.3 is 20.1 Å². The van der Waals surface area contributed by atoms with Gasteiger partial charge in [-0.2, -0.15) is 8.78 Å². The smallest absolute Gasteiger partial charge is 0.387 e. The van der Waals surface area contributed by atoms with Crippen LogP contribution in [0.15, 0.2) is 47.5 Å². The summed E-state index contributed by atoms with van der Waals surface area (Å²) in [6.45, 7) is 1.65. The van der Waals surface area contributed by atoms with Crippen molar-refractivity contribution in [2.45, 2.75) is 33.5 Å². The number of ether oxygens (including phenoxy) is 2. The van der Waals surface area contributed by atoms with Gasteiger partial charge in [-0.05, 0) is 19.9 Å². The van der Waals surface area contributed by atoms with Crippen molar-refractivity contribution in [1.82, 2.24) is 10.6 Å². The van der Waals surface area contributed by atoms with Gasteiger partial charge >= 0.3 is 6.61 Å². The molecule has 0 aromatic heterocycles. The first kappa shape index (κ1) is 22.9. The van der Waals surface area contributed by atoms with Crippen molar-refractivity contribution in [3.05, 3.63) is 63.7 Å². The number of hydrogen-bond donors (Lipinski definition) is 2. The summed E-state index contributed by atoms with van der Waals surface area (Å²) in [5.41, 5.74) is 0.912. The molecule has 8 nitrogen and oxygen atoms in total. The van der Waals surface area contributed by atoms with Crippen molar-refractivity contribution in [1.29, 1.82) is 0 Å². The molecule has 0 fully saturated rings. The molecule has 10 heteroatoms. The predicted molar refractivity (Wildman–Crippen MR) is 109 cm³/mol. The number of para-hydroxylation sites is 2. The normalized spacial score (nSPS) is 11.3. The molecule has 0 heterocycles. The number of alkyl halides is 2. The summed E-state index contributed by atoms with van der Waals surface area (Å²) in [7, 11) is 0. The van der Waals surface area contributed by atoms with Crippen LogP contribution in [0.4, 0.5) is 14.5 Å². The minimum atomic E-state index is -3.00. The molecule has 0 atom stereocenters. The maximum Gasteiger partial charge on any atom is 0.387 e. The summed E-state index contributed by atoms with van der Waals surface area (Å²) in [4.78, 5) is 15.1. The van der Waals surface area contributed by atoms with E-state index in [1.165, 1.54) is 6.07 Å². The number of aliphatic imine (C=N–C) groups is 1. The number of nitrogens with zero attached hydrogens (tertiary/aromatic N) is 2. The highest BCUT2D eigenvalue weighted by molar-refractivity contribution is 5.79. The number of rotatable bonds is 10. The SMILES string of the molecule is CCNC(=NCc1cccc(OCC)c1OC(F)F)NCc1ccccc1[N+](=O)[O-]. The zero-order chi connectivity index (χ0) is 21.9. The minimum Gasteiger partial charge on any atom is -0.490 e. The zero-order valence-corrected chi connectivity index (χ0v) is 16.7. The Morgan fingerprint density at radius 1 is 1.13 bits per heavy atom. The molecule has 0 spiro atoms. The van der Waals surface area contributed by atoms with Gasteiger partial charge in [0.05, 0.1) is 18.1 Å². The number of nitrogens with one attached hydrogen (secondary N) is 2. The molecule has 162 valence electrons. The van der Waals surface area contributed by atoms with E-state index in [9.17, 15) is 18.9 Å². The van der Waals surface area contributed by atoms with Crippen LogP contribution >= 0.6 is 0 Å². The van der Waals surface area contributed by atoms with Crippen LogP contribution in [0.25, 0.3) is 0 Å². The lowest BCUT2D eigenvalue weighted by Crippen LogP contribution is -2.36. The molecule has 2 N–H and O–H groups in total. The van der Waals surface area contributed by atoms with Crippen LogP contribution in [-0.4, -0.2) is 30.6 Å². The molecule has 2 aromatic rings. The molecular formula is C20H24F2N4O4. The van der Waals surface area contributed by atoms with E-state index in [1.807, 2.05) is 6.92 Å². The second kappa shape index (κ2) is 11.5. The lowest BCUT2D eigenvalue weighted by molar-refractivity contribution is -0.385. The average Bonchev–Trinajstić information content (AvgIpc) is 2.72. The molecule has 0 unspecified atom stereocenters. The number of nitro benzene ring substituents is 1. The zero-order valence-electron chi connectivity index (χ0n) is 16.7. The van der Waals surface area contributed by atoms with Crippen LogP contribution in [0.1, 0.15) is 25.0 Å². The van der Waals surface area contributed by atoms with E-state index in [1.54, 1.807) is 43.3 Å². The molecule has 0 amide bonds. The largest absolute Gasteiger partial charge is 0.490 e. The van der Waals surface area contributed by atoms with E-state index in [0.717, 1.165) is 0 Å². The fourth-order valence-electron chi connectivity index (χ4n) is 2.70. The average molecular weight is 422 g/mol. The number of hydrogen-bond acceptors (Lipinski definition) is 5. The first-order valence-corrected chi connectivity index (χ1v) is 9.40. The molecular weight excluding hydrogens is 398 g/mol. The lowest BCUT2D eigenvalue weighted by atomic mass is 10.2. The number of benzene rings is 2. The van der Waals surface area contributed by atoms with Crippen molar-refractivity contribution in [2.75, 3.05) is 13.2 Å². The Balaban J connectivity index is 2.20. The maximum atomic E-state index is 12.9. The highest BCUT2D eigenvalue weighted by Gasteiger charge is 2.16. The molecule has 0 bridgehead atoms. The summed E-state index contributed by atoms with van der Waals surface area (Å²) in [6.07, 6.45) is 0. The van der Waals surface area contributed by atoms with E-state index in [-0.39, 0.29) is 30.3 Å². The van der Waals surface area contributed by atoms with E-state index in [2.05, 4.69) is 20.4 Å². The van der Waals surface area contributed by atoms with Gasteiger partial charge in [0.1, 0.15) is 0 Å². The van der Waals surface area contributed by atoms with Gasteiger partial charge in [-0.3, -0.25) is 10.1 Å². The van der Waals surface area contributed by atoms with Crippen LogP contribution < -0.4 is 20.1 Å². The first-order chi connectivity index (χ1) is 14.5. The summed E-state index contributed by atoms with van der Waals surface area (Å²) in [5.74, 6) is 0.525. The standard InChI is InChI=1S/C20H24F2N4O4/c1-3-23-20(24-12-14-8-5-6-10-16(14)26(27)28)25-13-15-9-7-11-17(29-4-2)18(15)30-19(21)22/h5-11,19H,3-4,12-13H2,1-2H3,(H2,23,24,25). The molecule has 0 radical (unpaired) electrons. The Bertz CT molecular complexity index is 878. The highest BCUT2D eigenvalue weighted by atomic mass is 19.3. The van der Waals surface area contributed by atoms with Crippen LogP contribution in [0, 0.1) is 10.1 Å². The third-order valence-corrected chi connectivity index (χ3v) is 3.95. The molecule has 0 aliphatic heterocycles. The summed E-state index contributed by atoms with van der Waals surface area (Å²) >= 11 is 0. The molecule has 0 saturated carbocycles. The van der Waals surface area contributed by atoms with Gasteiger partial charge in [0.25, 0.3) is 5.69 Å². The van der Waals surface area contributed by atoms with Crippen molar-refractivity contribution >= 4 is 11.6 Å². The Kier molecular flexibility index (Phi) is 8.79. The number of halogens is 2. The van der Waals surface area contributed by atoms with E-state index in [4.69, 9.17) is 4.74 Å². The van der Waals surface area contributed by atoms with Gasteiger partial charge in [0.2, 0.25) is 0 Å². The third kappa shape index (κ3) is 6.57. The molecule has 2 aromatic carbocycles. The predicted octanol–water partition coefficient (Wildman–Crippen LogP) is 3.85. The van der Waals surface area contributed by atoms with Crippen LogP contribution in [0.3, 0.4) is 0 Å². The fraction of sp³-hybridized carbons (Fsp3) is 0.350. The Morgan fingerprint density at radius 2 is 1.87 bits per heavy atom. The maximum absolute atomic E-state index is 12.9. The van der Waals surface area contributed by atoms with Crippen molar-refractivity contribution in [3.8, 4) is 11.5 Å². The summed E-state index contributed by atoms with van der Waals surface area (Å²) < 4.78 is 35.7. The molecule has 0 aliphatic rings. The third-order valence-electron chi connectivity index (χ3n) is 3.95. The molecule has 2 rings (SSSR count). The fourth-order valence-corrected chi connectivity index (χ4v) is 2.70. The van der Waals surface area contributed by atoms with Gasteiger partial charge in [-0.1, -0.05) is 30.3 Å². The quantitative estimate of drug-likeness (QED) is 0.261. The van der Waals surface area contributed by atoms with Crippen molar-refractivity contribution < 1.29 is 23.2 Å². The number of nitro groups is 1. The van der Waals surface area contributed by atoms with Gasteiger partial charge in [-0.25, -0.2) is 4.99 Å². The molecule has 0 aliphatic carbocycles. The van der Waals surface area contributed by atoms with E-state index >= 15 is 0 Å². The first-order valence-electron chi connectivity index (χ1n) is 9.40. The van der Waals surface area contributed by atoms with Gasteiger partial charge in [0, 0.05) is 30.3 Å². The topological polar surface area (TPSA) is 98.0 Å². The molecule has 30 heavy (non-hydrogen) atoms. The minimum absolute atomic E-state index is 0.00196. The van der Waals surface area contributed by atoms with E-state index < -0.39 is 11.5 Å². The Morgan fingerprint density at radius 3 is 2.53 bits per heavy atom. The number of guanidine groups is 1. The second-order valence-corrected chi connectivity index (χ2v) is 5.99. The van der Waals surface area contributed by atoms with Gasteiger partial charge in [-0.15, -0.1) is 0 Å². The van der Waals surface area contributed by atoms with E-state index in [0.29, 0.717) is 30.2 Å². The summed E-state index contributed by atoms with van der Waals surface area (Å²) in [6, 6.07) is 11.2. The van der Waals surface area contributed by atoms with Crippen LogP contribution in [0.5, 0.6) is 11.5 Å². The lowest BCUT2D eigenvalue weighted by Gasteiger charge is -2.15. The van der Waals surface area contributed by atoms with Crippen LogP contribution in [-0.2, 0) is 13.1 Å². The second-order valence-electron chi connectivity index (χ2n) is 5.99.